The van der Waals surface area contributed by atoms with E-state index in [0.29, 0.717) is 16.6 Å². The Morgan fingerprint density at radius 1 is 1.40 bits per heavy atom. The summed E-state index contributed by atoms with van der Waals surface area (Å²) in [6.07, 6.45) is 3.08. The molecule has 1 fully saturated rings. The van der Waals surface area contributed by atoms with Crippen LogP contribution in [-0.2, 0) is 6.42 Å². The summed E-state index contributed by atoms with van der Waals surface area (Å²) in [6.45, 7) is 2.08. The molecule has 3 nitrogen and oxygen atoms in total. The van der Waals surface area contributed by atoms with Crippen LogP contribution in [0.1, 0.15) is 39.2 Å². The number of nitrogen functional groups attached to an aromatic ring is 1. The smallest absolute Gasteiger partial charge is 0.255 e. The van der Waals surface area contributed by atoms with E-state index in [2.05, 4.69) is 30.4 Å². The van der Waals surface area contributed by atoms with Crippen LogP contribution >= 0.6 is 11.3 Å². The van der Waals surface area contributed by atoms with Crippen LogP contribution in [0.2, 0.25) is 0 Å². The molecule has 1 aromatic heterocycles. The van der Waals surface area contributed by atoms with Gasteiger partial charge in [0.2, 0.25) is 0 Å². The van der Waals surface area contributed by atoms with Gasteiger partial charge in [0.1, 0.15) is 0 Å². The maximum atomic E-state index is 12.4. The van der Waals surface area contributed by atoms with Crippen molar-refractivity contribution in [1.82, 2.24) is 5.32 Å². The number of thiophene rings is 1. The number of hydrogen-bond donors (Lipinski definition) is 2. The summed E-state index contributed by atoms with van der Waals surface area (Å²) in [7, 11) is 0. The molecular weight excluding hydrogens is 268 g/mol. The predicted octanol–water partition coefficient (Wildman–Crippen LogP) is 3.10. The molecule has 2 aromatic rings. The number of amides is 1. The van der Waals surface area contributed by atoms with Crippen molar-refractivity contribution in [2.75, 3.05) is 5.73 Å². The van der Waals surface area contributed by atoms with Crippen LogP contribution in [0.15, 0.2) is 18.2 Å². The molecule has 0 bridgehead atoms. The van der Waals surface area contributed by atoms with Crippen LogP contribution < -0.4 is 11.1 Å². The second-order valence-corrected chi connectivity index (χ2v) is 6.86. The van der Waals surface area contributed by atoms with Crippen molar-refractivity contribution in [3.05, 3.63) is 39.8 Å². The fourth-order valence-corrected chi connectivity index (χ4v) is 3.97. The Balaban J connectivity index is 1.84. The first-order valence-corrected chi connectivity index (χ1v) is 7.77. The van der Waals surface area contributed by atoms with Crippen molar-refractivity contribution >= 4 is 22.2 Å². The van der Waals surface area contributed by atoms with Gasteiger partial charge in [-0.2, -0.15) is 0 Å². The standard InChI is InChI=1S/C16H16N2OS/c1-8-2-3-9-7-12-13(11(9)6-8)14(15(17)20-12)16(19)18-10-4-5-10/h2-3,6,10H,4-5,7,17H2,1H3,(H,18,19). The van der Waals surface area contributed by atoms with Gasteiger partial charge >= 0.3 is 0 Å². The molecule has 1 amide bonds. The third-order valence-electron chi connectivity index (χ3n) is 4.03. The third-order valence-corrected chi connectivity index (χ3v) is 5.05. The first kappa shape index (κ1) is 12.0. The summed E-state index contributed by atoms with van der Waals surface area (Å²) in [4.78, 5) is 13.7. The number of fused-ring (bicyclic) bond motifs is 3. The number of nitrogens with two attached hydrogens (primary N) is 1. The highest BCUT2D eigenvalue weighted by Crippen LogP contribution is 2.46. The summed E-state index contributed by atoms with van der Waals surface area (Å²) in [5.74, 6) is -0.00291. The van der Waals surface area contributed by atoms with E-state index in [1.165, 1.54) is 21.6 Å². The van der Waals surface area contributed by atoms with Crippen molar-refractivity contribution in [2.45, 2.75) is 32.2 Å². The van der Waals surface area contributed by atoms with E-state index in [0.717, 1.165) is 24.8 Å². The second-order valence-electron chi connectivity index (χ2n) is 5.72. The number of nitrogens with one attached hydrogen (secondary N) is 1. The lowest BCUT2D eigenvalue weighted by Crippen LogP contribution is -2.26. The van der Waals surface area contributed by atoms with Crippen LogP contribution in [0, 0.1) is 6.92 Å². The molecule has 20 heavy (non-hydrogen) atoms. The maximum Gasteiger partial charge on any atom is 0.255 e. The van der Waals surface area contributed by atoms with E-state index in [1.807, 2.05) is 0 Å². The zero-order valence-corrected chi connectivity index (χ0v) is 12.1. The quantitative estimate of drug-likeness (QED) is 0.759. The van der Waals surface area contributed by atoms with Gasteiger partial charge in [0.15, 0.2) is 0 Å². The summed E-state index contributed by atoms with van der Waals surface area (Å²) >= 11 is 1.56. The fraction of sp³-hybridized carbons (Fsp3) is 0.312. The Kier molecular flexibility index (Phi) is 2.45. The number of anilines is 1. The molecule has 102 valence electrons. The summed E-state index contributed by atoms with van der Waals surface area (Å²) in [6, 6.07) is 6.82. The zero-order chi connectivity index (χ0) is 13.9. The molecule has 4 heteroatoms. The molecule has 0 atom stereocenters. The molecule has 3 N–H and O–H groups in total. The number of carbonyl (C=O) groups excluding carboxylic acids is 1. The maximum absolute atomic E-state index is 12.4. The summed E-state index contributed by atoms with van der Waals surface area (Å²) < 4.78 is 0. The molecule has 0 radical (unpaired) electrons. The molecule has 0 aliphatic heterocycles. The molecule has 1 heterocycles. The van der Waals surface area contributed by atoms with Crippen LogP contribution in [0.3, 0.4) is 0 Å². The van der Waals surface area contributed by atoms with Crippen LogP contribution in [0.4, 0.5) is 5.00 Å². The number of benzene rings is 1. The van der Waals surface area contributed by atoms with Gasteiger partial charge in [-0.3, -0.25) is 4.79 Å². The highest BCUT2D eigenvalue weighted by atomic mass is 32.1. The Morgan fingerprint density at radius 2 is 2.20 bits per heavy atom. The average Bonchev–Trinajstić information content (AvgIpc) is 3.05. The Labute approximate surface area is 121 Å². The second kappa shape index (κ2) is 4.09. The Morgan fingerprint density at radius 3 is 2.95 bits per heavy atom. The van der Waals surface area contributed by atoms with Gasteiger partial charge in [-0.15, -0.1) is 11.3 Å². The number of hydrogen-bond acceptors (Lipinski definition) is 3. The fourth-order valence-electron chi connectivity index (χ4n) is 2.87. The van der Waals surface area contributed by atoms with Crippen LogP contribution in [0.5, 0.6) is 0 Å². The van der Waals surface area contributed by atoms with Gasteiger partial charge in [-0.25, -0.2) is 0 Å². The number of carbonyl (C=O) groups is 1. The largest absolute Gasteiger partial charge is 0.390 e. The van der Waals surface area contributed by atoms with Crippen molar-refractivity contribution in [2.24, 2.45) is 0 Å². The van der Waals surface area contributed by atoms with E-state index >= 15 is 0 Å². The summed E-state index contributed by atoms with van der Waals surface area (Å²) in [5.41, 5.74) is 11.6. The minimum atomic E-state index is -0.00291. The van der Waals surface area contributed by atoms with Gasteiger partial charge in [-0.1, -0.05) is 23.8 Å². The average molecular weight is 284 g/mol. The first-order chi connectivity index (χ1) is 9.63. The monoisotopic (exact) mass is 284 g/mol. The minimum absolute atomic E-state index is 0.00291. The van der Waals surface area contributed by atoms with Crippen LogP contribution in [0.25, 0.3) is 11.1 Å². The Hall–Kier alpha value is -1.81. The zero-order valence-electron chi connectivity index (χ0n) is 11.3. The topological polar surface area (TPSA) is 55.1 Å². The molecule has 2 aliphatic rings. The predicted molar refractivity (Wildman–Crippen MR) is 82.2 cm³/mol. The molecule has 2 aliphatic carbocycles. The molecule has 1 saturated carbocycles. The molecule has 4 rings (SSSR count). The van der Waals surface area contributed by atoms with Gasteiger partial charge in [0, 0.05) is 22.9 Å². The van der Waals surface area contributed by atoms with Gasteiger partial charge < -0.3 is 11.1 Å². The molecule has 0 spiro atoms. The van der Waals surface area contributed by atoms with Crippen LogP contribution in [-0.4, -0.2) is 11.9 Å². The summed E-state index contributed by atoms with van der Waals surface area (Å²) in [5, 5.41) is 3.71. The lowest BCUT2D eigenvalue weighted by molar-refractivity contribution is 0.0953. The highest BCUT2D eigenvalue weighted by Gasteiger charge is 2.32. The van der Waals surface area contributed by atoms with Gasteiger partial charge in [0.05, 0.1) is 10.6 Å². The minimum Gasteiger partial charge on any atom is -0.390 e. The number of rotatable bonds is 2. The van der Waals surface area contributed by atoms with E-state index in [4.69, 9.17) is 5.73 Å². The third kappa shape index (κ3) is 1.75. The van der Waals surface area contributed by atoms with Crippen molar-refractivity contribution < 1.29 is 4.79 Å². The lowest BCUT2D eigenvalue weighted by Gasteiger charge is -2.07. The van der Waals surface area contributed by atoms with Crippen molar-refractivity contribution in [3.8, 4) is 11.1 Å². The van der Waals surface area contributed by atoms with E-state index in [-0.39, 0.29) is 5.91 Å². The van der Waals surface area contributed by atoms with Crippen molar-refractivity contribution in [1.29, 1.82) is 0 Å². The van der Waals surface area contributed by atoms with Crippen molar-refractivity contribution in [3.63, 3.8) is 0 Å². The first-order valence-electron chi connectivity index (χ1n) is 6.95. The molecule has 0 saturated heterocycles. The molecule has 0 unspecified atom stereocenters. The molecular formula is C16H16N2OS. The number of aryl methyl sites for hydroxylation is 1. The van der Waals surface area contributed by atoms with E-state index in [9.17, 15) is 4.79 Å². The van der Waals surface area contributed by atoms with E-state index < -0.39 is 0 Å². The van der Waals surface area contributed by atoms with E-state index in [1.54, 1.807) is 11.3 Å². The Bertz CT molecular complexity index is 728. The SMILES string of the molecule is Cc1ccc2c(c1)-c1c(sc(N)c1C(=O)NC1CC1)C2. The molecule has 1 aromatic carbocycles. The lowest BCUT2D eigenvalue weighted by atomic mass is 10.0. The normalized spacial score (nSPS) is 15.8. The van der Waals surface area contributed by atoms with Gasteiger partial charge in [0.25, 0.3) is 5.91 Å². The highest BCUT2D eigenvalue weighted by molar-refractivity contribution is 7.17. The van der Waals surface area contributed by atoms with Gasteiger partial charge in [-0.05, 0) is 30.9 Å².